The fourth-order valence-electron chi connectivity index (χ4n) is 3.03. The average molecular weight is 521 g/mol. The third kappa shape index (κ3) is 6.69. The Kier molecular flexibility index (Phi) is 8.28. The second-order valence-electron chi connectivity index (χ2n) is 7.11. The Hall–Kier alpha value is -3.67. The lowest BCUT2D eigenvalue weighted by Crippen LogP contribution is -2.14. The number of rotatable bonds is 7. The van der Waals surface area contributed by atoms with Crippen molar-refractivity contribution in [1.29, 1.82) is 5.26 Å². The molecule has 0 fully saturated rings. The predicted molar refractivity (Wildman–Crippen MR) is 127 cm³/mol. The number of carbonyl (C=O) groups excluding carboxylic acids is 1. The number of ether oxygens (including phenoxy) is 2. The molecule has 0 atom stereocenters. The van der Waals surface area contributed by atoms with Gasteiger partial charge < -0.3 is 14.8 Å². The molecular weight excluding hydrogens is 504 g/mol. The van der Waals surface area contributed by atoms with Crippen molar-refractivity contribution in [3.05, 3.63) is 93.0 Å². The Labute approximate surface area is 209 Å². The van der Waals surface area contributed by atoms with E-state index in [4.69, 9.17) is 32.7 Å². The molecule has 5 nitrogen and oxygen atoms in total. The Balaban J connectivity index is 1.89. The lowest BCUT2D eigenvalue weighted by Gasteiger charge is -2.14. The minimum atomic E-state index is -4.57. The van der Waals surface area contributed by atoms with Gasteiger partial charge >= 0.3 is 6.18 Å². The summed E-state index contributed by atoms with van der Waals surface area (Å²) in [5, 5.41) is 12.7. The Bertz CT molecular complexity index is 1320. The van der Waals surface area contributed by atoms with Gasteiger partial charge in [0.05, 0.1) is 12.7 Å². The Morgan fingerprint density at radius 3 is 2.51 bits per heavy atom. The van der Waals surface area contributed by atoms with Gasteiger partial charge in [-0.25, -0.2) is 0 Å². The highest BCUT2D eigenvalue weighted by atomic mass is 35.5. The second kappa shape index (κ2) is 11.2. The maximum Gasteiger partial charge on any atom is 0.416 e. The number of benzene rings is 3. The van der Waals surface area contributed by atoms with Crippen LogP contribution in [0.3, 0.4) is 0 Å². The number of nitriles is 1. The predicted octanol–water partition coefficient (Wildman–Crippen LogP) is 7.15. The zero-order valence-electron chi connectivity index (χ0n) is 18.1. The fourth-order valence-corrected chi connectivity index (χ4v) is 3.49. The highest BCUT2D eigenvalue weighted by Gasteiger charge is 2.30. The second-order valence-corrected chi connectivity index (χ2v) is 7.95. The third-order valence-electron chi connectivity index (χ3n) is 4.73. The van der Waals surface area contributed by atoms with Crippen LogP contribution in [0.2, 0.25) is 10.0 Å². The summed E-state index contributed by atoms with van der Waals surface area (Å²) < 4.78 is 50.1. The lowest BCUT2D eigenvalue weighted by atomic mass is 10.1. The van der Waals surface area contributed by atoms with Gasteiger partial charge in [-0.3, -0.25) is 4.79 Å². The monoisotopic (exact) mass is 520 g/mol. The highest BCUT2D eigenvalue weighted by molar-refractivity contribution is 6.35. The number of halogens is 5. The molecule has 1 N–H and O–H groups in total. The van der Waals surface area contributed by atoms with Crippen LogP contribution in [0.4, 0.5) is 18.9 Å². The van der Waals surface area contributed by atoms with Crippen molar-refractivity contribution in [1.82, 2.24) is 0 Å². The van der Waals surface area contributed by atoms with Crippen molar-refractivity contribution >= 4 is 40.9 Å². The first kappa shape index (κ1) is 25.9. The van der Waals surface area contributed by atoms with Crippen LogP contribution in [0.25, 0.3) is 6.08 Å². The fraction of sp³-hybridized carbons (Fsp3) is 0.120. The molecular formula is C25H17Cl2F3N2O3. The van der Waals surface area contributed by atoms with E-state index in [1.54, 1.807) is 42.5 Å². The van der Waals surface area contributed by atoms with Crippen molar-refractivity contribution in [2.24, 2.45) is 0 Å². The van der Waals surface area contributed by atoms with E-state index in [0.29, 0.717) is 26.9 Å². The van der Waals surface area contributed by atoms with Crippen LogP contribution < -0.4 is 14.8 Å². The van der Waals surface area contributed by atoms with E-state index in [9.17, 15) is 23.2 Å². The summed E-state index contributed by atoms with van der Waals surface area (Å²) in [5.41, 5.74) is -0.414. The highest BCUT2D eigenvalue weighted by Crippen LogP contribution is 2.34. The van der Waals surface area contributed by atoms with Crippen molar-refractivity contribution in [2.75, 3.05) is 12.4 Å². The summed E-state index contributed by atoms with van der Waals surface area (Å²) in [6, 6.07) is 15.6. The van der Waals surface area contributed by atoms with Gasteiger partial charge in [-0.2, -0.15) is 18.4 Å². The van der Waals surface area contributed by atoms with E-state index >= 15 is 0 Å². The molecule has 10 heteroatoms. The first-order valence-electron chi connectivity index (χ1n) is 9.96. The molecule has 0 aliphatic rings. The van der Waals surface area contributed by atoms with E-state index in [2.05, 4.69) is 5.32 Å². The summed E-state index contributed by atoms with van der Waals surface area (Å²) in [6.07, 6.45) is -3.32. The van der Waals surface area contributed by atoms with Gasteiger partial charge in [0.25, 0.3) is 5.91 Å². The van der Waals surface area contributed by atoms with Gasteiger partial charge in [0.1, 0.15) is 18.2 Å². The number of methoxy groups -OCH3 is 1. The maximum atomic E-state index is 13.0. The first-order valence-corrected chi connectivity index (χ1v) is 10.7. The molecule has 0 spiro atoms. The molecule has 0 aliphatic carbocycles. The molecule has 0 saturated heterocycles. The number of amides is 1. The van der Waals surface area contributed by atoms with Gasteiger partial charge in [0.2, 0.25) is 0 Å². The van der Waals surface area contributed by atoms with Gasteiger partial charge in [-0.1, -0.05) is 47.5 Å². The number of carbonyl (C=O) groups is 1. The molecule has 0 aliphatic heterocycles. The van der Waals surface area contributed by atoms with Crippen molar-refractivity contribution in [3.8, 4) is 17.6 Å². The van der Waals surface area contributed by atoms with E-state index < -0.39 is 17.6 Å². The quantitative estimate of drug-likeness (QED) is 0.265. The maximum absolute atomic E-state index is 13.0. The van der Waals surface area contributed by atoms with Crippen molar-refractivity contribution in [3.63, 3.8) is 0 Å². The summed E-state index contributed by atoms with van der Waals surface area (Å²) >= 11 is 12.1. The number of hydrogen-bond acceptors (Lipinski definition) is 4. The molecule has 0 bridgehead atoms. The van der Waals surface area contributed by atoms with Crippen LogP contribution in [0.1, 0.15) is 16.7 Å². The van der Waals surface area contributed by atoms with Gasteiger partial charge in [0, 0.05) is 26.9 Å². The smallest absolute Gasteiger partial charge is 0.416 e. The molecule has 0 saturated carbocycles. The molecule has 180 valence electrons. The molecule has 0 radical (unpaired) electrons. The molecule has 35 heavy (non-hydrogen) atoms. The number of para-hydroxylation sites is 1. The Morgan fingerprint density at radius 1 is 1.11 bits per heavy atom. The SMILES string of the molecule is COc1cccc(/C=C(\C#N)C(=O)Nc2cccc(C(F)(F)F)c2)c1OCc1ccc(Cl)cc1Cl. The van der Waals surface area contributed by atoms with E-state index in [1.807, 2.05) is 0 Å². The van der Waals surface area contributed by atoms with Crippen molar-refractivity contribution < 1.29 is 27.4 Å². The van der Waals surface area contributed by atoms with Crippen LogP contribution in [-0.2, 0) is 17.6 Å². The topological polar surface area (TPSA) is 71.3 Å². The van der Waals surface area contributed by atoms with E-state index in [1.165, 1.54) is 19.3 Å². The van der Waals surface area contributed by atoms with Crippen LogP contribution >= 0.6 is 23.2 Å². The number of hydrogen-bond donors (Lipinski definition) is 1. The number of anilines is 1. The summed E-state index contributed by atoms with van der Waals surface area (Å²) in [7, 11) is 1.43. The van der Waals surface area contributed by atoms with Crippen LogP contribution in [0.5, 0.6) is 11.5 Å². The standard InChI is InChI=1S/C25H17Cl2F3N2O3/c1-34-22-7-2-4-15(23(22)35-14-16-8-9-19(26)12-21(16)27)10-17(13-31)24(33)32-20-6-3-5-18(11-20)25(28,29)30/h2-12H,14H2,1H3,(H,32,33)/b17-10+. The van der Waals surface area contributed by atoms with Crippen molar-refractivity contribution in [2.45, 2.75) is 12.8 Å². The minimum absolute atomic E-state index is 0.0372. The summed E-state index contributed by atoms with van der Waals surface area (Å²) in [6.45, 7) is 0.0372. The van der Waals surface area contributed by atoms with Gasteiger partial charge in [0.15, 0.2) is 11.5 Å². The molecule has 0 aromatic heterocycles. The van der Waals surface area contributed by atoms with E-state index in [-0.39, 0.29) is 23.6 Å². The molecule has 3 rings (SSSR count). The number of alkyl halides is 3. The van der Waals surface area contributed by atoms with E-state index in [0.717, 1.165) is 18.2 Å². The summed E-state index contributed by atoms with van der Waals surface area (Å²) in [5.74, 6) is -0.318. The largest absolute Gasteiger partial charge is 0.493 e. The lowest BCUT2D eigenvalue weighted by molar-refractivity contribution is -0.137. The molecule has 3 aromatic rings. The van der Waals surface area contributed by atoms with Crippen LogP contribution in [0.15, 0.2) is 66.2 Å². The zero-order chi connectivity index (χ0) is 25.6. The first-order chi connectivity index (χ1) is 16.6. The molecule has 1 amide bonds. The molecule has 0 unspecified atom stereocenters. The zero-order valence-corrected chi connectivity index (χ0v) is 19.6. The molecule has 0 heterocycles. The number of nitrogens with one attached hydrogen (secondary N) is 1. The normalized spacial score (nSPS) is 11.5. The Morgan fingerprint density at radius 2 is 1.86 bits per heavy atom. The van der Waals surface area contributed by atoms with Crippen LogP contribution in [0, 0.1) is 11.3 Å². The number of nitrogens with zero attached hydrogens (tertiary/aromatic N) is 1. The average Bonchev–Trinajstić information content (AvgIpc) is 2.81. The third-order valence-corrected chi connectivity index (χ3v) is 5.32. The minimum Gasteiger partial charge on any atom is -0.493 e. The van der Waals surface area contributed by atoms with Crippen LogP contribution in [-0.4, -0.2) is 13.0 Å². The van der Waals surface area contributed by atoms with Gasteiger partial charge in [-0.05, 0) is 42.5 Å². The summed E-state index contributed by atoms with van der Waals surface area (Å²) in [4.78, 5) is 12.6. The van der Waals surface area contributed by atoms with Gasteiger partial charge in [-0.15, -0.1) is 0 Å². The molecule has 3 aromatic carbocycles.